The van der Waals surface area contributed by atoms with E-state index in [0.717, 1.165) is 12.8 Å². The molecule has 0 bridgehead atoms. The lowest BCUT2D eigenvalue weighted by molar-refractivity contribution is 0.0692. The number of aryl methyl sites for hydroxylation is 1. The zero-order valence-corrected chi connectivity index (χ0v) is 14.3. The number of hydrogen-bond donors (Lipinski definition) is 1. The highest BCUT2D eigenvalue weighted by Crippen LogP contribution is 2.32. The van der Waals surface area contributed by atoms with E-state index in [2.05, 4.69) is 10.1 Å². The molecule has 24 heavy (non-hydrogen) atoms. The van der Waals surface area contributed by atoms with Gasteiger partial charge in [-0.1, -0.05) is 16.8 Å². The number of rotatable bonds is 3. The van der Waals surface area contributed by atoms with Crippen LogP contribution in [0.5, 0.6) is 5.75 Å². The fourth-order valence-corrected chi connectivity index (χ4v) is 3.08. The van der Waals surface area contributed by atoms with E-state index < -0.39 is 0 Å². The molecule has 1 aromatic heterocycles. The number of likely N-dealkylation sites (tertiary alicyclic amines) is 1. The van der Waals surface area contributed by atoms with Crippen molar-refractivity contribution in [1.82, 2.24) is 15.0 Å². The normalized spacial score (nSPS) is 17.8. The fraction of sp³-hybridized carbons (Fsp3) is 0.438. The number of carbonyl (C=O) groups is 1. The van der Waals surface area contributed by atoms with Crippen molar-refractivity contribution >= 4 is 23.2 Å². The summed E-state index contributed by atoms with van der Waals surface area (Å²) in [6, 6.07) is 3.12. The van der Waals surface area contributed by atoms with Gasteiger partial charge in [0.2, 0.25) is 5.89 Å². The van der Waals surface area contributed by atoms with E-state index in [1.807, 2.05) is 0 Å². The number of anilines is 1. The summed E-state index contributed by atoms with van der Waals surface area (Å²) in [6.45, 7) is 2.96. The maximum Gasteiger partial charge on any atom is 0.257 e. The van der Waals surface area contributed by atoms with Gasteiger partial charge in [0.05, 0.1) is 29.3 Å². The second-order valence-electron chi connectivity index (χ2n) is 5.84. The van der Waals surface area contributed by atoms with E-state index in [-0.39, 0.29) is 11.8 Å². The van der Waals surface area contributed by atoms with Gasteiger partial charge in [-0.2, -0.15) is 4.98 Å². The van der Waals surface area contributed by atoms with E-state index in [9.17, 15) is 4.79 Å². The van der Waals surface area contributed by atoms with Crippen LogP contribution in [0.2, 0.25) is 5.02 Å². The highest BCUT2D eigenvalue weighted by Gasteiger charge is 2.30. The lowest BCUT2D eigenvalue weighted by Crippen LogP contribution is -2.39. The van der Waals surface area contributed by atoms with Crippen molar-refractivity contribution in [2.75, 3.05) is 25.9 Å². The molecule has 1 aliphatic rings. The molecule has 1 amide bonds. The summed E-state index contributed by atoms with van der Waals surface area (Å²) >= 11 is 6.07. The molecule has 8 heteroatoms. The minimum atomic E-state index is -0.144. The van der Waals surface area contributed by atoms with Crippen LogP contribution in [0, 0.1) is 6.92 Å². The average molecular weight is 351 g/mol. The van der Waals surface area contributed by atoms with Crippen molar-refractivity contribution in [3.8, 4) is 5.75 Å². The molecule has 1 atom stereocenters. The third-order valence-electron chi connectivity index (χ3n) is 4.15. The molecular formula is C16H19ClN4O3. The second-order valence-corrected chi connectivity index (χ2v) is 6.25. The quantitative estimate of drug-likeness (QED) is 0.855. The number of carbonyl (C=O) groups excluding carboxylic acids is 1. The van der Waals surface area contributed by atoms with Crippen molar-refractivity contribution in [2.24, 2.45) is 0 Å². The number of nitrogens with zero attached hydrogens (tertiary/aromatic N) is 3. The van der Waals surface area contributed by atoms with Gasteiger partial charge in [-0.25, -0.2) is 0 Å². The third-order valence-corrected chi connectivity index (χ3v) is 4.48. The predicted octanol–water partition coefficient (Wildman–Crippen LogP) is 2.64. The average Bonchev–Trinajstić information content (AvgIpc) is 3.03. The summed E-state index contributed by atoms with van der Waals surface area (Å²) in [5, 5.41) is 4.16. The lowest BCUT2D eigenvalue weighted by atomic mass is 9.97. The molecule has 128 valence electrons. The van der Waals surface area contributed by atoms with Crippen molar-refractivity contribution in [3.63, 3.8) is 0 Å². The first-order chi connectivity index (χ1) is 11.5. The number of benzene rings is 1. The molecule has 1 saturated heterocycles. The fourth-order valence-electron chi connectivity index (χ4n) is 2.92. The van der Waals surface area contributed by atoms with Gasteiger partial charge in [0, 0.05) is 19.2 Å². The minimum absolute atomic E-state index is 0.0409. The van der Waals surface area contributed by atoms with Crippen molar-refractivity contribution in [2.45, 2.75) is 25.7 Å². The molecule has 0 saturated carbocycles. The van der Waals surface area contributed by atoms with Crippen LogP contribution in [0.3, 0.4) is 0 Å². The molecule has 2 heterocycles. The first-order valence-electron chi connectivity index (χ1n) is 7.72. The number of piperidine rings is 1. The Morgan fingerprint density at radius 1 is 1.50 bits per heavy atom. The number of hydrogen-bond acceptors (Lipinski definition) is 6. The van der Waals surface area contributed by atoms with Crippen LogP contribution in [0.25, 0.3) is 0 Å². The highest BCUT2D eigenvalue weighted by atomic mass is 35.5. The van der Waals surface area contributed by atoms with Gasteiger partial charge in [0.1, 0.15) is 5.75 Å². The van der Waals surface area contributed by atoms with Crippen molar-refractivity contribution in [3.05, 3.63) is 34.4 Å². The molecule has 3 rings (SSSR count). The van der Waals surface area contributed by atoms with Gasteiger partial charge in [-0.05, 0) is 25.8 Å². The molecule has 7 nitrogen and oxygen atoms in total. The predicted molar refractivity (Wildman–Crippen MR) is 89.3 cm³/mol. The monoisotopic (exact) mass is 350 g/mol. The lowest BCUT2D eigenvalue weighted by Gasteiger charge is -2.31. The number of amides is 1. The SMILES string of the molecule is COc1cc(N)c(Cl)cc1C(=O)N1CCCC(c2nc(C)no2)C1. The summed E-state index contributed by atoms with van der Waals surface area (Å²) in [6.07, 6.45) is 1.77. The molecule has 0 aliphatic carbocycles. The number of aromatic nitrogens is 2. The van der Waals surface area contributed by atoms with Gasteiger partial charge in [0.25, 0.3) is 5.91 Å². The van der Waals surface area contributed by atoms with Crippen LogP contribution < -0.4 is 10.5 Å². The Morgan fingerprint density at radius 2 is 2.29 bits per heavy atom. The molecule has 0 spiro atoms. The molecular weight excluding hydrogens is 332 g/mol. The minimum Gasteiger partial charge on any atom is -0.496 e. The van der Waals surface area contributed by atoms with Crippen LogP contribution in [-0.2, 0) is 0 Å². The summed E-state index contributed by atoms with van der Waals surface area (Å²) < 4.78 is 10.5. The Bertz CT molecular complexity index is 762. The first kappa shape index (κ1) is 16.6. The maximum absolute atomic E-state index is 12.9. The molecule has 0 radical (unpaired) electrons. The number of nitrogen functional groups attached to an aromatic ring is 1. The smallest absolute Gasteiger partial charge is 0.257 e. The molecule has 1 fully saturated rings. The van der Waals surface area contributed by atoms with Crippen LogP contribution in [0.1, 0.15) is 40.8 Å². The van der Waals surface area contributed by atoms with Gasteiger partial charge >= 0.3 is 0 Å². The number of methoxy groups -OCH3 is 1. The summed E-state index contributed by atoms with van der Waals surface area (Å²) in [7, 11) is 1.50. The Kier molecular flexibility index (Phi) is 4.62. The zero-order valence-electron chi connectivity index (χ0n) is 13.6. The van der Waals surface area contributed by atoms with Crippen molar-refractivity contribution in [1.29, 1.82) is 0 Å². The third kappa shape index (κ3) is 3.17. The van der Waals surface area contributed by atoms with Crippen LogP contribution in [-0.4, -0.2) is 41.1 Å². The highest BCUT2D eigenvalue weighted by molar-refractivity contribution is 6.33. The molecule has 2 aromatic rings. The van der Waals surface area contributed by atoms with Crippen molar-refractivity contribution < 1.29 is 14.1 Å². The zero-order chi connectivity index (χ0) is 17.3. The molecule has 1 aliphatic heterocycles. The van der Waals surface area contributed by atoms with E-state index in [1.165, 1.54) is 7.11 Å². The number of halogens is 1. The molecule has 1 unspecified atom stereocenters. The maximum atomic E-state index is 12.9. The Labute approximate surface area is 144 Å². The Balaban J connectivity index is 1.83. The summed E-state index contributed by atoms with van der Waals surface area (Å²) in [4.78, 5) is 18.9. The second kappa shape index (κ2) is 6.68. The van der Waals surface area contributed by atoms with Gasteiger partial charge < -0.3 is 19.9 Å². The van der Waals surface area contributed by atoms with E-state index in [1.54, 1.807) is 24.0 Å². The van der Waals surface area contributed by atoms with E-state index >= 15 is 0 Å². The van der Waals surface area contributed by atoms with Gasteiger partial charge in [-0.3, -0.25) is 4.79 Å². The first-order valence-corrected chi connectivity index (χ1v) is 8.10. The van der Waals surface area contributed by atoms with E-state index in [0.29, 0.717) is 46.8 Å². The Hall–Kier alpha value is -2.28. The largest absolute Gasteiger partial charge is 0.496 e. The van der Waals surface area contributed by atoms with E-state index in [4.69, 9.17) is 26.6 Å². The molecule has 2 N–H and O–H groups in total. The van der Waals surface area contributed by atoms with Crippen LogP contribution in [0.15, 0.2) is 16.7 Å². The van der Waals surface area contributed by atoms with Gasteiger partial charge in [-0.15, -0.1) is 0 Å². The number of ether oxygens (including phenoxy) is 1. The topological polar surface area (TPSA) is 94.5 Å². The van der Waals surface area contributed by atoms with Crippen LogP contribution in [0.4, 0.5) is 5.69 Å². The van der Waals surface area contributed by atoms with Crippen LogP contribution >= 0.6 is 11.6 Å². The summed E-state index contributed by atoms with van der Waals surface area (Å²) in [5.74, 6) is 1.49. The van der Waals surface area contributed by atoms with Gasteiger partial charge in [0.15, 0.2) is 5.82 Å². The number of nitrogens with two attached hydrogens (primary N) is 1. The summed E-state index contributed by atoms with van der Waals surface area (Å²) in [5.41, 5.74) is 6.56. The molecule has 1 aromatic carbocycles. The standard InChI is InChI=1S/C16H19ClN4O3/c1-9-19-15(24-20-9)10-4-3-5-21(8-10)16(22)11-6-12(17)13(18)7-14(11)23-2/h6-7,10H,3-5,8,18H2,1-2H3. The Morgan fingerprint density at radius 3 is 2.96 bits per heavy atom.